The Balaban J connectivity index is 1.42. The third-order valence-electron chi connectivity index (χ3n) is 5.43. The van der Waals surface area contributed by atoms with Crippen molar-refractivity contribution in [2.24, 2.45) is 0 Å². The van der Waals surface area contributed by atoms with Crippen molar-refractivity contribution in [3.05, 3.63) is 64.6 Å². The number of Topliss-reactive ketones (excluding diaryl/α,β-unsaturated/α-hetero) is 1. The van der Waals surface area contributed by atoms with Gasteiger partial charge >= 0.3 is 0 Å². The molecule has 0 spiro atoms. The van der Waals surface area contributed by atoms with E-state index >= 15 is 0 Å². The Bertz CT molecular complexity index is 1180. The van der Waals surface area contributed by atoms with Gasteiger partial charge in [-0.25, -0.2) is 8.42 Å². The molecule has 0 aliphatic carbocycles. The monoisotopic (exact) mass is 517 g/mol. The van der Waals surface area contributed by atoms with E-state index in [4.69, 9.17) is 4.52 Å². The Hall–Kier alpha value is -2.49. The predicted octanol–water partition coefficient (Wildman–Crippen LogP) is 4.96. The normalized spacial score (nSPS) is 15.3. The molecule has 0 saturated carbocycles. The number of nitrogens with one attached hydrogen (secondary N) is 1. The summed E-state index contributed by atoms with van der Waals surface area (Å²) in [6, 6.07) is 15.6. The number of benzene rings is 2. The van der Waals surface area contributed by atoms with Crippen molar-refractivity contribution in [3.63, 3.8) is 0 Å². The lowest BCUT2D eigenvalue weighted by molar-refractivity contribution is 0.100. The van der Waals surface area contributed by atoms with Crippen LogP contribution in [-0.2, 0) is 10.0 Å². The second-order valence-corrected chi connectivity index (χ2v) is 10.6. The average Bonchev–Trinajstić information content (AvgIpc) is 3.10. The first-order valence-electron chi connectivity index (χ1n) is 10.5. The van der Waals surface area contributed by atoms with E-state index in [1.807, 2.05) is 24.3 Å². The van der Waals surface area contributed by atoms with Crippen molar-refractivity contribution in [1.29, 1.82) is 0 Å². The molecule has 9 heteroatoms. The van der Waals surface area contributed by atoms with Crippen LogP contribution in [0.2, 0.25) is 0 Å². The summed E-state index contributed by atoms with van der Waals surface area (Å²) in [4.78, 5) is 12.9. The Morgan fingerprint density at radius 1 is 1.03 bits per heavy atom. The third-order valence-corrected chi connectivity index (χ3v) is 7.86. The predicted molar refractivity (Wildman–Crippen MR) is 126 cm³/mol. The van der Waals surface area contributed by atoms with Gasteiger partial charge in [-0.2, -0.15) is 4.31 Å². The molecule has 3 aromatic rings. The molecule has 0 radical (unpaired) electrons. The van der Waals surface area contributed by atoms with Gasteiger partial charge in [0.15, 0.2) is 5.78 Å². The van der Waals surface area contributed by atoms with Crippen LogP contribution in [0.4, 0.5) is 5.88 Å². The number of hydrogen-bond donors (Lipinski definition) is 1. The Kier molecular flexibility index (Phi) is 7.07. The maximum Gasteiger partial charge on any atom is 0.243 e. The quantitative estimate of drug-likeness (QED) is 0.445. The van der Waals surface area contributed by atoms with E-state index in [1.165, 1.54) is 10.4 Å². The number of carbonyl (C=O) groups is 1. The van der Waals surface area contributed by atoms with Crippen molar-refractivity contribution >= 4 is 37.6 Å². The lowest BCUT2D eigenvalue weighted by Crippen LogP contribution is -2.32. The van der Waals surface area contributed by atoms with E-state index in [2.05, 4.69) is 26.4 Å². The number of sulfonamides is 1. The van der Waals surface area contributed by atoms with E-state index < -0.39 is 10.0 Å². The smallest absolute Gasteiger partial charge is 0.243 e. The number of halogens is 1. The first-order chi connectivity index (χ1) is 15.4. The van der Waals surface area contributed by atoms with Crippen molar-refractivity contribution in [2.45, 2.75) is 30.6 Å². The van der Waals surface area contributed by atoms with Crippen LogP contribution in [0, 0.1) is 0 Å². The fourth-order valence-corrected chi connectivity index (χ4v) is 5.47. The fraction of sp³-hybridized carbons (Fsp3) is 0.304. The molecule has 0 amide bonds. The fourth-order valence-electron chi connectivity index (χ4n) is 3.65. The van der Waals surface area contributed by atoms with Gasteiger partial charge in [0.2, 0.25) is 15.9 Å². The Labute approximate surface area is 196 Å². The highest BCUT2D eigenvalue weighted by Gasteiger charge is 2.25. The second kappa shape index (κ2) is 9.97. The molecule has 2 aromatic carbocycles. The van der Waals surface area contributed by atoms with Gasteiger partial charge in [0.05, 0.1) is 11.4 Å². The number of ketones is 1. The molecular weight excluding hydrogens is 494 g/mol. The molecule has 1 aliphatic heterocycles. The lowest BCUT2D eigenvalue weighted by Gasteiger charge is -2.20. The maximum atomic E-state index is 13.0. The van der Waals surface area contributed by atoms with Crippen molar-refractivity contribution in [1.82, 2.24) is 9.46 Å². The van der Waals surface area contributed by atoms with Crippen LogP contribution in [0.1, 0.15) is 36.0 Å². The van der Waals surface area contributed by atoms with E-state index in [0.717, 1.165) is 35.7 Å². The molecule has 1 saturated heterocycles. The van der Waals surface area contributed by atoms with Crippen LogP contribution in [0.15, 0.2) is 68.5 Å². The molecule has 2 heterocycles. The number of nitrogens with zero attached hydrogens (tertiary/aromatic N) is 2. The molecule has 0 atom stereocenters. The van der Waals surface area contributed by atoms with Gasteiger partial charge in [0, 0.05) is 34.8 Å². The van der Waals surface area contributed by atoms with E-state index in [-0.39, 0.29) is 17.2 Å². The molecule has 7 nitrogen and oxygen atoms in total. The third kappa shape index (κ3) is 5.28. The molecule has 1 fully saturated rings. The van der Waals surface area contributed by atoms with Crippen molar-refractivity contribution < 1.29 is 17.7 Å². The maximum absolute atomic E-state index is 13.0. The SMILES string of the molecule is O=C(CNc1cc(-c2ccc(Br)cc2)no1)c1cccc(S(=O)(=O)N2CCCCCC2)c1. The summed E-state index contributed by atoms with van der Waals surface area (Å²) in [5.41, 5.74) is 1.88. The van der Waals surface area contributed by atoms with Gasteiger partial charge in [-0.3, -0.25) is 4.79 Å². The van der Waals surface area contributed by atoms with Gasteiger partial charge in [-0.1, -0.05) is 58.2 Å². The summed E-state index contributed by atoms with van der Waals surface area (Å²) in [6.07, 6.45) is 3.81. The van der Waals surface area contributed by atoms with Crippen LogP contribution in [-0.4, -0.2) is 43.3 Å². The summed E-state index contributed by atoms with van der Waals surface area (Å²) in [5.74, 6) is 0.129. The van der Waals surface area contributed by atoms with Crippen LogP contribution in [0.3, 0.4) is 0 Å². The molecule has 168 valence electrons. The number of anilines is 1. The first kappa shape index (κ1) is 22.7. The summed E-state index contributed by atoms with van der Waals surface area (Å²) < 4.78 is 33.8. The highest BCUT2D eigenvalue weighted by Crippen LogP contribution is 2.24. The molecule has 0 unspecified atom stereocenters. The number of rotatable bonds is 7. The minimum Gasteiger partial charge on any atom is -0.347 e. The van der Waals surface area contributed by atoms with Crippen LogP contribution < -0.4 is 5.32 Å². The highest BCUT2D eigenvalue weighted by molar-refractivity contribution is 9.10. The highest BCUT2D eigenvalue weighted by atomic mass is 79.9. The minimum absolute atomic E-state index is 0.0395. The summed E-state index contributed by atoms with van der Waals surface area (Å²) in [7, 11) is -3.61. The Morgan fingerprint density at radius 2 is 1.75 bits per heavy atom. The van der Waals surface area contributed by atoms with E-state index in [1.54, 1.807) is 24.3 Å². The van der Waals surface area contributed by atoms with Crippen LogP contribution >= 0.6 is 15.9 Å². The standard InChI is InChI=1S/C23H24BrN3O4S/c24-19-10-8-17(9-11-19)21-15-23(31-26-21)25-16-22(28)18-6-5-7-20(14-18)32(29,30)27-12-3-1-2-4-13-27/h5-11,14-15,25H,1-4,12-13,16H2. The van der Waals surface area contributed by atoms with Gasteiger partial charge in [0.1, 0.15) is 5.69 Å². The summed E-state index contributed by atoms with van der Waals surface area (Å²) >= 11 is 3.40. The first-order valence-corrected chi connectivity index (χ1v) is 12.8. The molecule has 32 heavy (non-hydrogen) atoms. The van der Waals surface area contributed by atoms with Crippen LogP contribution in [0.5, 0.6) is 0 Å². The summed E-state index contributed by atoms with van der Waals surface area (Å²) in [5, 5.41) is 6.95. The largest absolute Gasteiger partial charge is 0.347 e. The van der Waals surface area contributed by atoms with E-state index in [9.17, 15) is 13.2 Å². The zero-order valence-electron chi connectivity index (χ0n) is 17.5. The van der Waals surface area contributed by atoms with Crippen LogP contribution in [0.25, 0.3) is 11.3 Å². The van der Waals surface area contributed by atoms with Gasteiger partial charge in [-0.15, -0.1) is 0 Å². The number of aromatic nitrogens is 1. The topological polar surface area (TPSA) is 92.5 Å². The van der Waals surface area contributed by atoms with Gasteiger partial charge in [0.25, 0.3) is 0 Å². The zero-order chi connectivity index (χ0) is 22.6. The lowest BCUT2D eigenvalue weighted by atomic mass is 10.1. The number of carbonyl (C=O) groups excluding carboxylic acids is 1. The molecule has 1 aliphatic rings. The molecule has 1 N–H and O–H groups in total. The van der Waals surface area contributed by atoms with E-state index in [0.29, 0.717) is 30.2 Å². The molecule has 1 aromatic heterocycles. The van der Waals surface area contributed by atoms with Crippen molar-refractivity contribution in [3.8, 4) is 11.3 Å². The van der Waals surface area contributed by atoms with Crippen molar-refractivity contribution in [2.75, 3.05) is 25.0 Å². The second-order valence-electron chi connectivity index (χ2n) is 7.71. The Morgan fingerprint density at radius 3 is 2.47 bits per heavy atom. The minimum atomic E-state index is -3.61. The zero-order valence-corrected chi connectivity index (χ0v) is 19.9. The number of hydrogen-bond acceptors (Lipinski definition) is 6. The molecular formula is C23H24BrN3O4S. The average molecular weight is 518 g/mol. The van der Waals surface area contributed by atoms with Gasteiger partial charge in [-0.05, 0) is 37.1 Å². The molecule has 0 bridgehead atoms. The summed E-state index contributed by atoms with van der Waals surface area (Å²) in [6.45, 7) is 1.00. The molecule has 4 rings (SSSR count). The van der Waals surface area contributed by atoms with Gasteiger partial charge < -0.3 is 9.84 Å².